The molecule has 7 nitrogen and oxygen atoms in total. The van der Waals surface area contributed by atoms with Gasteiger partial charge in [-0.2, -0.15) is 0 Å². The first kappa shape index (κ1) is 19.8. The van der Waals surface area contributed by atoms with Gasteiger partial charge < -0.3 is 5.32 Å². The Morgan fingerprint density at radius 2 is 1.76 bits per heavy atom. The minimum absolute atomic E-state index is 0.0280. The van der Waals surface area contributed by atoms with Gasteiger partial charge in [0.1, 0.15) is 0 Å². The summed E-state index contributed by atoms with van der Waals surface area (Å²) >= 11 is 0. The molecule has 0 bridgehead atoms. The molecule has 1 aromatic rings. The zero-order chi connectivity index (χ0) is 18.7. The number of sulfonamides is 1. The van der Waals surface area contributed by atoms with Gasteiger partial charge in [0.15, 0.2) is 0 Å². The third kappa shape index (κ3) is 6.07. The van der Waals surface area contributed by atoms with Crippen LogP contribution in [0.3, 0.4) is 0 Å². The number of carbonyl (C=O) groups is 1. The molecule has 1 fully saturated rings. The summed E-state index contributed by atoms with van der Waals surface area (Å²) in [5, 5.41) is 7.86. The number of primary sulfonamides is 1. The number of rotatable bonds is 4. The number of benzene rings is 1. The highest BCUT2D eigenvalue weighted by molar-refractivity contribution is 7.89. The highest BCUT2D eigenvalue weighted by atomic mass is 32.2. The lowest BCUT2D eigenvalue weighted by Crippen LogP contribution is -2.44. The van der Waals surface area contributed by atoms with Gasteiger partial charge in [0.25, 0.3) is 0 Å². The molecule has 0 saturated carbocycles. The van der Waals surface area contributed by atoms with E-state index in [1.165, 1.54) is 12.1 Å². The summed E-state index contributed by atoms with van der Waals surface area (Å²) in [4.78, 5) is 16.9. The van der Waals surface area contributed by atoms with Crippen LogP contribution < -0.4 is 10.5 Å². The zero-order valence-corrected chi connectivity index (χ0v) is 16.0. The fourth-order valence-electron chi connectivity index (χ4n) is 2.93. The molecule has 0 spiro atoms. The first-order valence-electron chi connectivity index (χ1n) is 8.46. The van der Waals surface area contributed by atoms with Crippen LogP contribution in [0.1, 0.15) is 27.2 Å². The van der Waals surface area contributed by atoms with E-state index in [4.69, 9.17) is 5.14 Å². The van der Waals surface area contributed by atoms with E-state index in [1.54, 1.807) is 12.1 Å². The maximum atomic E-state index is 12.2. The zero-order valence-electron chi connectivity index (χ0n) is 15.2. The van der Waals surface area contributed by atoms with E-state index in [1.807, 2.05) is 0 Å². The number of carbonyl (C=O) groups excluding carboxylic acids is 1. The molecule has 8 heteroatoms. The Bertz CT molecular complexity index is 696. The lowest BCUT2D eigenvalue weighted by Gasteiger charge is -2.34. The van der Waals surface area contributed by atoms with Gasteiger partial charge in [-0.15, -0.1) is 0 Å². The number of hydrogen-bond acceptors (Lipinski definition) is 5. The van der Waals surface area contributed by atoms with E-state index < -0.39 is 10.0 Å². The van der Waals surface area contributed by atoms with Crippen molar-refractivity contribution in [3.8, 4) is 0 Å². The Hall–Kier alpha value is -1.48. The predicted molar refractivity (Wildman–Crippen MR) is 98.8 cm³/mol. The molecule has 1 heterocycles. The Morgan fingerprint density at radius 1 is 1.12 bits per heavy atom. The number of nitrogens with two attached hydrogens (primary N) is 1. The number of amides is 1. The molecule has 140 valence electrons. The van der Waals surface area contributed by atoms with Gasteiger partial charge in [-0.1, -0.05) is 0 Å². The van der Waals surface area contributed by atoms with Crippen molar-refractivity contribution in [3.05, 3.63) is 24.3 Å². The molecule has 0 unspecified atom stereocenters. The molecule has 1 aromatic carbocycles. The normalized spacial score (nSPS) is 17.9. The average Bonchev–Trinajstić information content (AvgIpc) is 2.72. The molecule has 0 radical (unpaired) electrons. The molecule has 1 aliphatic heterocycles. The molecule has 0 aliphatic carbocycles. The van der Waals surface area contributed by atoms with E-state index in [0.717, 1.165) is 32.6 Å². The second kappa shape index (κ2) is 7.82. The molecule has 1 aliphatic rings. The maximum Gasteiger partial charge on any atom is 0.238 e. The fourth-order valence-corrected chi connectivity index (χ4v) is 3.45. The molecule has 2 rings (SSSR count). The third-order valence-electron chi connectivity index (χ3n) is 4.37. The van der Waals surface area contributed by atoms with Crippen LogP contribution in [0.25, 0.3) is 0 Å². The summed E-state index contributed by atoms with van der Waals surface area (Å²) in [5.41, 5.74) is 0.701. The van der Waals surface area contributed by atoms with Crippen molar-refractivity contribution < 1.29 is 13.2 Å². The SMILES string of the molecule is CC(C)(C)N1CCCN(CC(=O)Nc2ccc(S(N)(=O)=O)cc2)CC1. The first-order valence-corrected chi connectivity index (χ1v) is 10.0. The van der Waals surface area contributed by atoms with Crippen LogP contribution in [-0.2, 0) is 14.8 Å². The van der Waals surface area contributed by atoms with Crippen molar-refractivity contribution in [3.63, 3.8) is 0 Å². The van der Waals surface area contributed by atoms with Gasteiger partial charge in [-0.3, -0.25) is 14.6 Å². The largest absolute Gasteiger partial charge is 0.325 e. The van der Waals surface area contributed by atoms with Crippen molar-refractivity contribution in [2.75, 3.05) is 38.0 Å². The molecular formula is C17H28N4O3S. The van der Waals surface area contributed by atoms with Crippen LogP contribution >= 0.6 is 0 Å². The number of hydrogen-bond donors (Lipinski definition) is 2. The van der Waals surface area contributed by atoms with Gasteiger partial charge in [0, 0.05) is 24.3 Å². The van der Waals surface area contributed by atoms with Gasteiger partial charge in [-0.25, -0.2) is 13.6 Å². The van der Waals surface area contributed by atoms with Crippen LogP contribution in [0.15, 0.2) is 29.2 Å². The van der Waals surface area contributed by atoms with Crippen LogP contribution in [0, 0.1) is 0 Å². The lowest BCUT2D eigenvalue weighted by atomic mass is 10.1. The van der Waals surface area contributed by atoms with E-state index in [-0.39, 0.29) is 16.3 Å². The summed E-state index contributed by atoms with van der Waals surface area (Å²) in [6.07, 6.45) is 1.04. The minimum Gasteiger partial charge on any atom is -0.325 e. The van der Waals surface area contributed by atoms with Gasteiger partial charge in [0.2, 0.25) is 15.9 Å². The van der Waals surface area contributed by atoms with Crippen molar-refractivity contribution in [1.82, 2.24) is 9.80 Å². The Kier molecular flexibility index (Phi) is 6.21. The van der Waals surface area contributed by atoms with E-state index in [2.05, 4.69) is 35.9 Å². The topological polar surface area (TPSA) is 95.7 Å². The summed E-state index contributed by atoms with van der Waals surface area (Å²) in [7, 11) is -3.72. The Balaban J connectivity index is 1.88. The van der Waals surface area contributed by atoms with Gasteiger partial charge in [-0.05, 0) is 64.5 Å². The molecule has 1 saturated heterocycles. The Morgan fingerprint density at radius 3 is 2.32 bits per heavy atom. The standard InChI is InChI=1S/C17H28N4O3S/c1-17(2,3)21-10-4-9-20(11-12-21)13-16(22)19-14-5-7-15(8-6-14)25(18,23)24/h5-8H,4,9-13H2,1-3H3,(H,19,22)(H2,18,23,24). The molecule has 25 heavy (non-hydrogen) atoms. The molecule has 0 atom stereocenters. The first-order chi connectivity index (χ1) is 11.6. The number of anilines is 1. The average molecular weight is 369 g/mol. The Labute approximate surface area is 150 Å². The van der Waals surface area contributed by atoms with Crippen LogP contribution in [-0.4, -0.2) is 62.4 Å². The summed E-state index contributed by atoms with van der Waals surface area (Å²) in [6, 6.07) is 5.86. The smallest absolute Gasteiger partial charge is 0.238 e. The number of nitrogens with one attached hydrogen (secondary N) is 1. The van der Waals surface area contributed by atoms with Crippen LogP contribution in [0.4, 0.5) is 5.69 Å². The van der Waals surface area contributed by atoms with Gasteiger partial charge in [0.05, 0.1) is 11.4 Å². The van der Waals surface area contributed by atoms with Crippen LogP contribution in [0.2, 0.25) is 0 Å². The van der Waals surface area contributed by atoms with Crippen molar-refractivity contribution >= 4 is 21.6 Å². The van der Waals surface area contributed by atoms with E-state index >= 15 is 0 Å². The van der Waals surface area contributed by atoms with E-state index in [9.17, 15) is 13.2 Å². The predicted octanol–water partition coefficient (Wildman–Crippen LogP) is 1.08. The summed E-state index contributed by atoms with van der Waals surface area (Å²) < 4.78 is 22.5. The quantitative estimate of drug-likeness (QED) is 0.829. The highest BCUT2D eigenvalue weighted by Crippen LogP contribution is 2.16. The second-order valence-electron chi connectivity index (χ2n) is 7.41. The van der Waals surface area contributed by atoms with E-state index in [0.29, 0.717) is 12.2 Å². The summed E-state index contributed by atoms with van der Waals surface area (Å²) in [6.45, 7) is 10.7. The monoisotopic (exact) mass is 368 g/mol. The fraction of sp³-hybridized carbons (Fsp3) is 0.588. The lowest BCUT2D eigenvalue weighted by molar-refractivity contribution is -0.117. The van der Waals surface area contributed by atoms with Gasteiger partial charge >= 0.3 is 0 Å². The maximum absolute atomic E-state index is 12.2. The second-order valence-corrected chi connectivity index (χ2v) is 8.97. The van der Waals surface area contributed by atoms with Crippen molar-refractivity contribution in [2.24, 2.45) is 5.14 Å². The molecular weight excluding hydrogens is 340 g/mol. The van der Waals surface area contributed by atoms with Crippen molar-refractivity contribution in [2.45, 2.75) is 37.6 Å². The van der Waals surface area contributed by atoms with Crippen LogP contribution in [0.5, 0.6) is 0 Å². The molecule has 0 aromatic heterocycles. The minimum atomic E-state index is -3.72. The third-order valence-corrected chi connectivity index (χ3v) is 5.30. The molecule has 3 N–H and O–H groups in total. The summed E-state index contributed by atoms with van der Waals surface area (Å²) in [5.74, 6) is -0.104. The van der Waals surface area contributed by atoms with Crippen molar-refractivity contribution in [1.29, 1.82) is 0 Å². The molecule has 1 amide bonds. The highest BCUT2D eigenvalue weighted by Gasteiger charge is 2.24. The number of nitrogens with zero attached hydrogens (tertiary/aromatic N) is 2.